The Morgan fingerprint density at radius 2 is 1.86 bits per heavy atom. The zero-order valence-electron chi connectivity index (χ0n) is 12.2. The maximum Gasteiger partial charge on any atom is 0.0494 e. The van der Waals surface area contributed by atoms with Gasteiger partial charge in [0.25, 0.3) is 0 Å². The Bertz CT molecular complexity index is 682. The molecular formula is C17H18N2S2. The van der Waals surface area contributed by atoms with Crippen LogP contribution in [0.15, 0.2) is 53.2 Å². The van der Waals surface area contributed by atoms with Gasteiger partial charge in [-0.2, -0.15) is 0 Å². The molecule has 3 aromatic rings. The van der Waals surface area contributed by atoms with Crippen molar-refractivity contribution in [1.82, 2.24) is 0 Å². The summed E-state index contributed by atoms with van der Waals surface area (Å²) in [5, 5.41) is 7.84. The van der Waals surface area contributed by atoms with Gasteiger partial charge in [-0.1, -0.05) is 6.07 Å². The maximum absolute atomic E-state index is 3.48. The van der Waals surface area contributed by atoms with Gasteiger partial charge in [0.15, 0.2) is 0 Å². The van der Waals surface area contributed by atoms with E-state index in [-0.39, 0.29) is 0 Å². The topological polar surface area (TPSA) is 15.3 Å². The van der Waals surface area contributed by atoms with Gasteiger partial charge < -0.3 is 10.2 Å². The van der Waals surface area contributed by atoms with Crippen LogP contribution in [-0.2, 0) is 6.54 Å². The second kappa shape index (κ2) is 6.33. The molecule has 4 heteroatoms. The lowest BCUT2D eigenvalue weighted by molar-refractivity contribution is 1.13. The summed E-state index contributed by atoms with van der Waals surface area (Å²) in [5.41, 5.74) is 3.71. The van der Waals surface area contributed by atoms with Crippen molar-refractivity contribution in [3.05, 3.63) is 58.1 Å². The highest BCUT2D eigenvalue weighted by Gasteiger charge is 2.03. The average molecular weight is 314 g/mol. The molecule has 2 aromatic heterocycles. The van der Waals surface area contributed by atoms with Crippen molar-refractivity contribution in [2.75, 3.05) is 24.3 Å². The lowest BCUT2D eigenvalue weighted by Crippen LogP contribution is -2.08. The quantitative estimate of drug-likeness (QED) is 0.700. The fraction of sp³-hybridized carbons (Fsp3) is 0.176. The molecule has 0 aliphatic carbocycles. The third kappa shape index (κ3) is 3.46. The average Bonchev–Trinajstić information content (AvgIpc) is 3.16. The summed E-state index contributed by atoms with van der Waals surface area (Å²) < 4.78 is 0. The van der Waals surface area contributed by atoms with E-state index in [1.165, 1.54) is 21.0 Å². The highest BCUT2D eigenvalue weighted by molar-refractivity contribution is 7.14. The molecule has 0 saturated heterocycles. The summed E-state index contributed by atoms with van der Waals surface area (Å²) in [6.07, 6.45) is 0. The molecule has 0 aliphatic rings. The van der Waals surface area contributed by atoms with Gasteiger partial charge >= 0.3 is 0 Å². The molecule has 1 aromatic carbocycles. The van der Waals surface area contributed by atoms with Gasteiger partial charge in [-0.25, -0.2) is 0 Å². The van der Waals surface area contributed by atoms with Gasteiger partial charge in [0.05, 0.1) is 0 Å². The number of anilines is 2. The zero-order valence-corrected chi connectivity index (χ0v) is 13.8. The number of hydrogen-bond donors (Lipinski definition) is 1. The lowest BCUT2D eigenvalue weighted by Gasteiger charge is -2.13. The minimum Gasteiger partial charge on any atom is -0.380 e. The predicted octanol–water partition coefficient (Wildman–Crippen LogP) is 5.15. The van der Waals surface area contributed by atoms with Crippen LogP contribution in [0.3, 0.4) is 0 Å². The van der Waals surface area contributed by atoms with E-state index in [0.717, 1.165) is 12.2 Å². The number of nitrogens with one attached hydrogen (secondary N) is 1. The number of hydrogen-bond acceptors (Lipinski definition) is 4. The van der Waals surface area contributed by atoms with Crippen LogP contribution < -0.4 is 10.2 Å². The molecule has 0 saturated carbocycles. The van der Waals surface area contributed by atoms with Crippen LogP contribution in [0.5, 0.6) is 0 Å². The van der Waals surface area contributed by atoms with E-state index in [2.05, 4.69) is 77.5 Å². The van der Waals surface area contributed by atoms with Crippen molar-refractivity contribution >= 4 is 34.0 Å². The highest BCUT2D eigenvalue weighted by Crippen LogP contribution is 2.29. The van der Waals surface area contributed by atoms with E-state index >= 15 is 0 Å². The molecule has 1 N–H and O–H groups in total. The maximum atomic E-state index is 3.48. The van der Waals surface area contributed by atoms with Gasteiger partial charge in [-0.3, -0.25) is 0 Å². The predicted molar refractivity (Wildman–Crippen MR) is 95.7 cm³/mol. The minimum absolute atomic E-state index is 0.872. The Balaban J connectivity index is 1.62. The lowest BCUT2D eigenvalue weighted by atomic mass is 10.2. The van der Waals surface area contributed by atoms with E-state index in [0.29, 0.717) is 0 Å². The third-order valence-electron chi connectivity index (χ3n) is 3.31. The summed E-state index contributed by atoms with van der Waals surface area (Å²) in [4.78, 5) is 4.80. The van der Waals surface area contributed by atoms with Crippen LogP contribution in [0.1, 0.15) is 4.88 Å². The molecular weight excluding hydrogens is 296 g/mol. The molecule has 3 rings (SSSR count). The summed E-state index contributed by atoms with van der Waals surface area (Å²) >= 11 is 3.60. The standard InChI is InChI=1S/C17H18N2S2/c1-19(2)15-7-5-14(6-8-15)18-11-16-10-13(12-21-16)17-4-3-9-20-17/h3-10,12,18H,11H2,1-2H3. The van der Waals surface area contributed by atoms with Crippen LogP contribution in [0, 0.1) is 0 Å². The summed E-state index contributed by atoms with van der Waals surface area (Å²) in [7, 11) is 4.11. The monoisotopic (exact) mass is 314 g/mol. The second-order valence-electron chi connectivity index (χ2n) is 5.07. The van der Waals surface area contributed by atoms with Crippen LogP contribution in [0.4, 0.5) is 11.4 Å². The number of rotatable bonds is 5. The first kappa shape index (κ1) is 14.2. The Morgan fingerprint density at radius 1 is 1.05 bits per heavy atom. The molecule has 0 radical (unpaired) electrons. The van der Waals surface area contributed by atoms with E-state index in [9.17, 15) is 0 Å². The fourth-order valence-electron chi connectivity index (χ4n) is 2.11. The zero-order chi connectivity index (χ0) is 14.7. The van der Waals surface area contributed by atoms with E-state index in [1.54, 1.807) is 11.3 Å². The Kier molecular flexibility index (Phi) is 4.27. The molecule has 0 aliphatic heterocycles. The van der Waals surface area contributed by atoms with Crippen LogP contribution in [0.25, 0.3) is 10.4 Å². The Hall–Kier alpha value is -1.78. The first-order valence-electron chi connectivity index (χ1n) is 6.85. The summed E-state index contributed by atoms with van der Waals surface area (Å²) in [5.74, 6) is 0. The third-order valence-corrected chi connectivity index (χ3v) is 5.17. The van der Waals surface area contributed by atoms with E-state index in [4.69, 9.17) is 0 Å². The number of benzene rings is 1. The van der Waals surface area contributed by atoms with Gasteiger partial charge in [0, 0.05) is 47.3 Å². The Labute approximate surface area is 133 Å². The molecule has 2 nitrogen and oxygen atoms in total. The number of nitrogens with zero attached hydrogens (tertiary/aromatic N) is 1. The van der Waals surface area contributed by atoms with E-state index < -0.39 is 0 Å². The SMILES string of the molecule is CN(C)c1ccc(NCc2cc(-c3cccs3)cs2)cc1. The molecule has 0 fully saturated rings. The molecule has 0 unspecified atom stereocenters. The smallest absolute Gasteiger partial charge is 0.0494 e. The van der Waals surface area contributed by atoms with Crippen molar-refractivity contribution in [2.45, 2.75) is 6.54 Å². The van der Waals surface area contributed by atoms with Crippen molar-refractivity contribution in [2.24, 2.45) is 0 Å². The molecule has 0 amide bonds. The summed E-state index contributed by atoms with van der Waals surface area (Å²) in [6, 6.07) is 15.1. The fourth-order valence-corrected chi connectivity index (χ4v) is 3.73. The van der Waals surface area contributed by atoms with Crippen molar-refractivity contribution < 1.29 is 0 Å². The number of thiophene rings is 2. The van der Waals surface area contributed by atoms with Gasteiger partial charge in [-0.15, -0.1) is 22.7 Å². The largest absolute Gasteiger partial charge is 0.380 e. The highest BCUT2D eigenvalue weighted by atomic mass is 32.1. The minimum atomic E-state index is 0.872. The first-order valence-corrected chi connectivity index (χ1v) is 8.61. The summed E-state index contributed by atoms with van der Waals surface area (Å²) in [6.45, 7) is 0.872. The van der Waals surface area contributed by atoms with Crippen LogP contribution in [0.2, 0.25) is 0 Å². The second-order valence-corrected chi connectivity index (χ2v) is 7.02. The molecule has 108 valence electrons. The van der Waals surface area contributed by atoms with Gasteiger partial charge in [0.1, 0.15) is 0 Å². The van der Waals surface area contributed by atoms with Gasteiger partial charge in [-0.05, 0) is 47.2 Å². The molecule has 21 heavy (non-hydrogen) atoms. The van der Waals surface area contributed by atoms with Gasteiger partial charge in [0.2, 0.25) is 0 Å². The van der Waals surface area contributed by atoms with E-state index in [1.807, 2.05) is 11.3 Å². The van der Waals surface area contributed by atoms with Crippen molar-refractivity contribution in [1.29, 1.82) is 0 Å². The molecule has 2 heterocycles. The van der Waals surface area contributed by atoms with Crippen molar-refractivity contribution in [3.8, 4) is 10.4 Å². The normalized spacial score (nSPS) is 10.6. The Morgan fingerprint density at radius 3 is 2.52 bits per heavy atom. The van der Waals surface area contributed by atoms with Crippen molar-refractivity contribution in [3.63, 3.8) is 0 Å². The molecule has 0 spiro atoms. The van der Waals surface area contributed by atoms with Crippen LogP contribution in [-0.4, -0.2) is 14.1 Å². The first-order chi connectivity index (χ1) is 10.2. The van der Waals surface area contributed by atoms with Crippen LogP contribution >= 0.6 is 22.7 Å². The molecule has 0 atom stereocenters. The molecule has 0 bridgehead atoms.